The molecule has 6 rings (SSSR count). The lowest BCUT2D eigenvalue weighted by molar-refractivity contribution is -0.118. The van der Waals surface area contributed by atoms with E-state index in [0.717, 1.165) is 24.1 Å². The molecule has 2 aliphatic heterocycles. The van der Waals surface area contributed by atoms with Crippen molar-refractivity contribution >= 4 is 39.2 Å². The number of imidazole rings is 1. The molecule has 4 aromatic rings. The van der Waals surface area contributed by atoms with Crippen LogP contribution in [0.3, 0.4) is 0 Å². The van der Waals surface area contributed by atoms with E-state index < -0.39 is 23.2 Å². The quantitative estimate of drug-likeness (QED) is 0.406. The molecule has 3 atom stereocenters. The molecule has 0 spiro atoms. The number of fused-ring (bicyclic) bond motifs is 3. The van der Waals surface area contributed by atoms with Crippen LogP contribution in [0.1, 0.15) is 19.4 Å². The number of piperazine rings is 1. The maximum absolute atomic E-state index is 15.0. The Morgan fingerprint density at radius 2 is 1.97 bits per heavy atom. The maximum Gasteiger partial charge on any atom is 0.332 e. The molecular weight excluding hydrogens is 499 g/mol. The molecule has 1 amide bonds. The summed E-state index contributed by atoms with van der Waals surface area (Å²) >= 11 is 1.23. The molecule has 2 N–H and O–H groups in total. The van der Waals surface area contributed by atoms with Crippen molar-refractivity contribution in [1.82, 2.24) is 29.0 Å². The maximum atomic E-state index is 15.0. The van der Waals surface area contributed by atoms with Gasteiger partial charge >= 0.3 is 5.69 Å². The Morgan fingerprint density at radius 1 is 1.22 bits per heavy atom. The monoisotopic (exact) mass is 524 g/mol. The summed E-state index contributed by atoms with van der Waals surface area (Å²) in [6, 6.07) is 5.00. The first-order chi connectivity index (χ1) is 17.7. The van der Waals surface area contributed by atoms with Crippen molar-refractivity contribution in [1.29, 1.82) is 0 Å². The van der Waals surface area contributed by atoms with Gasteiger partial charge in [0.05, 0.1) is 17.7 Å². The van der Waals surface area contributed by atoms with Crippen LogP contribution in [0.5, 0.6) is 0 Å². The van der Waals surface area contributed by atoms with Gasteiger partial charge in [-0.3, -0.25) is 18.7 Å². The summed E-state index contributed by atoms with van der Waals surface area (Å²) in [6.45, 7) is 3.37. The minimum atomic E-state index is -0.801. The number of hydrogen-bond acceptors (Lipinski definition) is 8. The average molecular weight is 525 g/mol. The van der Waals surface area contributed by atoms with E-state index in [-0.39, 0.29) is 17.0 Å². The number of rotatable bonds is 5. The summed E-state index contributed by atoms with van der Waals surface area (Å²) in [5.74, 6) is -0.695. The van der Waals surface area contributed by atoms with Gasteiger partial charge in [0.1, 0.15) is 11.9 Å². The first-order valence-corrected chi connectivity index (χ1v) is 12.8. The molecule has 0 aliphatic carbocycles. The molecule has 37 heavy (non-hydrogen) atoms. The molecule has 2 fully saturated rings. The Kier molecular flexibility index (Phi) is 5.49. The second kappa shape index (κ2) is 8.63. The zero-order valence-corrected chi connectivity index (χ0v) is 21.3. The van der Waals surface area contributed by atoms with Crippen LogP contribution in [-0.2, 0) is 18.9 Å². The first-order valence-electron chi connectivity index (χ1n) is 11.9. The van der Waals surface area contributed by atoms with E-state index in [9.17, 15) is 14.4 Å². The van der Waals surface area contributed by atoms with E-state index in [1.165, 1.54) is 47.0 Å². The van der Waals surface area contributed by atoms with E-state index in [4.69, 9.17) is 0 Å². The fourth-order valence-electron chi connectivity index (χ4n) is 5.21. The van der Waals surface area contributed by atoms with Gasteiger partial charge in [0.15, 0.2) is 16.3 Å². The molecule has 11 nitrogen and oxygen atoms in total. The Hall–Kier alpha value is -3.84. The number of aromatic nitrogens is 5. The molecule has 1 aromatic carbocycles. The Balaban J connectivity index is 1.21. The number of carbonyl (C=O) groups is 1. The van der Waals surface area contributed by atoms with Crippen LogP contribution in [0.15, 0.2) is 39.5 Å². The minimum absolute atomic E-state index is 0.157. The first kappa shape index (κ1) is 23.6. The van der Waals surface area contributed by atoms with Gasteiger partial charge in [0.2, 0.25) is 5.91 Å². The van der Waals surface area contributed by atoms with Gasteiger partial charge in [-0.2, -0.15) is 0 Å². The van der Waals surface area contributed by atoms with Gasteiger partial charge in [-0.25, -0.2) is 19.2 Å². The molecule has 2 saturated heterocycles. The fourth-order valence-corrected chi connectivity index (χ4v) is 5.93. The lowest BCUT2D eigenvalue weighted by Crippen LogP contribution is -2.68. The van der Waals surface area contributed by atoms with Crippen molar-refractivity contribution in [2.75, 3.05) is 23.3 Å². The van der Waals surface area contributed by atoms with Gasteiger partial charge in [0, 0.05) is 50.2 Å². The van der Waals surface area contributed by atoms with Crippen LogP contribution < -0.4 is 26.8 Å². The van der Waals surface area contributed by atoms with E-state index in [1.807, 2.05) is 6.07 Å². The predicted octanol–water partition coefficient (Wildman–Crippen LogP) is 1.45. The smallest absolute Gasteiger partial charge is 0.332 e. The molecule has 2 aliphatic rings. The van der Waals surface area contributed by atoms with Gasteiger partial charge in [-0.15, -0.1) is 11.3 Å². The molecule has 2 unspecified atom stereocenters. The summed E-state index contributed by atoms with van der Waals surface area (Å²) < 4.78 is 18.7. The number of nitrogens with one attached hydrogen (secondary N) is 2. The summed E-state index contributed by atoms with van der Waals surface area (Å²) in [5, 5.41) is 8.23. The summed E-state index contributed by atoms with van der Waals surface area (Å²) in [5.41, 5.74) is 1.12. The third-order valence-corrected chi connectivity index (χ3v) is 8.07. The number of piperidine rings is 1. The number of hydrogen-bond donors (Lipinski definition) is 2. The number of halogens is 1. The fraction of sp³-hybridized carbons (Fsp3) is 0.375. The van der Waals surface area contributed by atoms with Crippen molar-refractivity contribution < 1.29 is 9.18 Å². The summed E-state index contributed by atoms with van der Waals surface area (Å²) in [7, 11) is 2.90. The number of thiazole rings is 1. The number of aryl methyl sites for hydroxylation is 1. The van der Waals surface area contributed by atoms with E-state index >= 15 is 4.39 Å². The highest BCUT2D eigenvalue weighted by molar-refractivity contribution is 7.14. The molecule has 5 heterocycles. The van der Waals surface area contributed by atoms with Crippen LogP contribution in [0, 0.1) is 5.82 Å². The highest BCUT2D eigenvalue weighted by atomic mass is 32.1. The van der Waals surface area contributed by atoms with Gasteiger partial charge in [0.25, 0.3) is 5.56 Å². The molecule has 2 bridgehead atoms. The number of nitrogens with zero attached hydrogens (tertiary/aromatic N) is 6. The van der Waals surface area contributed by atoms with Crippen molar-refractivity contribution in [3.63, 3.8) is 0 Å². The normalized spacial score (nSPS) is 19.6. The average Bonchev–Trinajstić information content (AvgIpc) is 3.55. The number of anilines is 2. The number of amides is 1. The number of benzene rings is 1. The Morgan fingerprint density at radius 3 is 2.68 bits per heavy atom. The van der Waals surface area contributed by atoms with Crippen LogP contribution in [-0.4, -0.2) is 54.7 Å². The second-order valence-electron chi connectivity index (χ2n) is 9.51. The van der Waals surface area contributed by atoms with Gasteiger partial charge in [-0.05, 0) is 25.5 Å². The van der Waals surface area contributed by atoms with Gasteiger partial charge < -0.3 is 20.1 Å². The summed E-state index contributed by atoms with van der Waals surface area (Å²) in [4.78, 5) is 48.7. The third-order valence-electron chi connectivity index (χ3n) is 7.32. The standard InChI is InChI=1S/C24H25FN8O3S/c1-12(32-11-27-20-19(32)22(35)31(3)24(36)30(20)2)21(34)29-23-28-17(10-37-23)13-4-5-18(16(25)6-13)33-14-7-15(33)9-26-8-14/h4-6,10-12,14-15,26H,7-9H2,1-3H3,(H,28,29,34)/t12-,14?,15?/m0/s1. The van der Waals surface area contributed by atoms with Crippen molar-refractivity contribution in [2.45, 2.75) is 31.5 Å². The lowest BCUT2D eigenvalue weighted by Gasteiger charge is -2.54. The Bertz CT molecular complexity index is 1660. The SMILES string of the molecule is C[C@@H](C(=O)Nc1nc(-c2ccc(N3C4CNCC3C4)c(F)c2)cs1)n1cnc2c1c(=O)n(C)c(=O)n2C. The zero-order chi connectivity index (χ0) is 26.0. The van der Waals surface area contributed by atoms with Gasteiger partial charge in [-0.1, -0.05) is 6.07 Å². The lowest BCUT2D eigenvalue weighted by atomic mass is 9.88. The third kappa shape index (κ3) is 3.68. The molecule has 0 radical (unpaired) electrons. The zero-order valence-electron chi connectivity index (χ0n) is 20.4. The summed E-state index contributed by atoms with van der Waals surface area (Å²) in [6.07, 6.45) is 2.46. The van der Waals surface area contributed by atoms with Crippen LogP contribution in [0.2, 0.25) is 0 Å². The minimum Gasteiger partial charge on any atom is -0.360 e. The molecule has 0 saturated carbocycles. The van der Waals surface area contributed by atoms with Crippen molar-refractivity contribution in [2.24, 2.45) is 14.1 Å². The predicted molar refractivity (Wildman–Crippen MR) is 139 cm³/mol. The molecule has 192 valence electrons. The largest absolute Gasteiger partial charge is 0.360 e. The van der Waals surface area contributed by atoms with Crippen molar-refractivity contribution in [3.8, 4) is 11.3 Å². The topological polar surface area (TPSA) is 119 Å². The van der Waals surface area contributed by atoms with Crippen LogP contribution in [0.4, 0.5) is 15.2 Å². The van der Waals surface area contributed by atoms with E-state index in [1.54, 1.807) is 18.4 Å². The molecule has 13 heteroatoms. The van der Waals surface area contributed by atoms with Crippen molar-refractivity contribution in [3.05, 3.63) is 56.6 Å². The molecule has 3 aromatic heterocycles. The van der Waals surface area contributed by atoms with E-state index in [2.05, 4.69) is 25.5 Å². The molecular formula is C24H25FN8O3S. The highest BCUT2D eigenvalue weighted by Gasteiger charge is 2.42. The van der Waals surface area contributed by atoms with Crippen LogP contribution in [0.25, 0.3) is 22.4 Å². The Labute approximate surface area is 214 Å². The second-order valence-corrected chi connectivity index (χ2v) is 10.4. The highest BCUT2D eigenvalue weighted by Crippen LogP contribution is 2.37. The van der Waals surface area contributed by atoms with Crippen LogP contribution >= 0.6 is 11.3 Å². The number of carbonyl (C=O) groups excluding carboxylic acids is 1. The van der Waals surface area contributed by atoms with E-state index in [0.29, 0.717) is 34.2 Å².